The Bertz CT molecular complexity index is 2030. The predicted octanol–water partition coefficient (Wildman–Crippen LogP) is -1.69. The molecule has 2 aliphatic rings. The molecule has 0 aliphatic carbocycles. The van der Waals surface area contributed by atoms with Gasteiger partial charge in [0.1, 0.15) is 30.8 Å². The molecular formula is C41H68N12O10. The van der Waals surface area contributed by atoms with E-state index in [1.54, 1.807) is 12.1 Å². The first-order valence-corrected chi connectivity index (χ1v) is 21.6. The van der Waals surface area contributed by atoms with Gasteiger partial charge in [-0.3, -0.25) is 29.0 Å². The first kappa shape index (κ1) is 52.4. The summed E-state index contributed by atoms with van der Waals surface area (Å²) in [6, 6.07) is -1.34. The maximum absolute atomic E-state index is 14.0. The smallest absolute Gasteiger partial charge is 0.349 e. The zero-order chi connectivity index (χ0) is 46.6. The van der Waals surface area contributed by atoms with Gasteiger partial charge in [-0.15, -0.1) is 0 Å². The second-order valence-electron chi connectivity index (χ2n) is 15.7. The fourth-order valence-corrected chi connectivity index (χ4v) is 6.68. The summed E-state index contributed by atoms with van der Waals surface area (Å²) >= 11 is 0. The van der Waals surface area contributed by atoms with Crippen LogP contribution < -0.4 is 57.1 Å². The van der Waals surface area contributed by atoms with E-state index in [0.29, 0.717) is 88.6 Å². The number of ether oxygens (including phenoxy) is 4. The molecule has 352 valence electrons. The van der Waals surface area contributed by atoms with E-state index in [1.807, 2.05) is 13.8 Å². The number of fused-ring (bicyclic) bond motifs is 2. The predicted molar refractivity (Wildman–Crippen MR) is 235 cm³/mol. The molecule has 0 saturated heterocycles. The van der Waals surface area contributed by atoms with Gasteiger partial charge in [0.05, 0.1) is 17.6 Å². The van der Waals surface area contributed by atoms with Crippen molar-refractivity contribution in [2.45, 2.75) is 140 Å². The molecule has 2 heterocycles. The van der Waals surface area contributed by atoms with Gasteiger partial charge < -0.3 is 69.4 Å². The zero-order valence-corrected chi connectivity index (χ0v) is 36.5. The highest BCUT2D eigenvalue weighted by atomic mass is 16.6. The molecular weight excluding hydrogens is 821 g/mol. The number of aromatic amines is 1. The number of hydrogen-bond acceptors (Lipinski definition) is 20. The molecule has 0 fully saturated rings. The maximum atomic E-state index is 14.0. The summed E-state index contributed by atoms with van der Waals surface area (Å²) in [5.74, 6) is -4.03. The summed E-state index contributed by atoms with van der Waals surface area (Å²) in [7, 11) is 0. The normalized spacial score (nSPS) is 15.0. The lowest BCUT2D eigenvalue weighted by molar-refractivity contribution is -0.195. The summed E-state index contributed by atoms with van der Waals surface area (Å²) < 4.78 is 25.2. The Labute approximate surface area is 366 Å². The van der Waals surface area contributed by atoms with Gasteiger partial charge in [-0.1, -0.05) is 25.7 Å². The largest absolute Gasteiger partial charge is 0.460 e. The van der Waals surface area contributed by atoms with Crippen LogP contribution >= 0.6 is 0 Å². The van der Waals surface area contributed by atoms with Crippen LogP contribution in [0.5, 0.6) is 0 Å². The number of aromatic nitrogens is 4. The van der Waals surface area contributed by atoms with E-state index in [4.69, 9.17) is 64.8 Å². The number of nitrogens with one attached hydrogen (secondary N) is 1. The van der Waals surface area contributed by atoms with Crippen LogP contribution in [0, 0.1) is 13.8 Å². The van der Waals surface area contributed by atoms with Gasteiger partial charge >= 0.3 is 29.6 Å². The highest BCUT2D eigenvalue weighted by molar-refractivity contribution is 5.81. The Morgan fingerprint density at radius 2 is 1.06 bits per heavy atom. The summed E-state index contributed by atoms with van der Waals surface area (Å²) in [6.45, 7) is 3.76. The molecule has 0 bridgehead atoms. The Morgan fingerprint density at radius 1 is 0.619 bits per heavy atom. The molecule has 22 nitrogen and oxygen atoms in total. The van der Waals surface area contributed by atoms with Crippen LogP contribution in [0.1, 0.15) is 88.2 Å². The Morgan fingerprint density at radius 3 is 1.56 bits per heavy atom. The number of aryl methyl sites for hydroxylation is 2. The minimum atomic E-state index is -1.83. The lowest BCUT2D eigenvalue weighted by Crippen LogP contribution is -2.53. The number of H-pyrrole nitrogens is 1. The zero-order valence-electron chi connectivity index (χ0n) is 36.5. The number of rotatable bonds is 29. The fourth-order valence-electron chi connectivity index (χ4n) is 6.68. The monoisotopic (exact) mass is 889 g/mol. The van der Waals surface area contributed by atoms with Crippen LogP contribution in [0.25, 0.3) is 22.6 Å². The van der Waals surface area contributed by atoms with Crippen LogP contribution in [-0.4, -0.2) is 119 Å². The van der Waals surface area contributed by atoms with Crippen LogP contribution in [0.15, 0.2) is 21.7 Å². The van der Waals surface area contributed by atoms with Gasteiger partial charge in [-0.2, -0.15) is 4.98 Å². The van der Waals surface area contributed by atoms with Crippen molar-refractivity contribution in [1.82, 2.24) is 19.5 Å². The van der Waals surface area contributed by atoms with Gasteiger partial charge in [-0.25, -0.2) is 9.78 Å². The Hall–Kier alpha value is -4.94. The van der Waals surface area contributed by atoms with Crippen molar-refractivity contribution in [3.63, 3.8) is 0 Å². The fraction of sp³-hybridized carbons (Fsp3) is 0.659. The van der Waals surface area contributed by atoms with E-state index >= 15 is 0 Å². The van der Waals surface area contributed by atoms with Gasteiger partial charge in [0.15, 0.2) is 29.8 Å². The van der Waals surface area contributed by atoms with E-state index in [9.17, 15) is 28.8 Å². The number of nitrogens with zero attached hydrogens (tertiary/aromatic N) is 3. The minimum absolute atomic E-state index is 0.133. The molecule has 3 rings (SSSR count). The Kier molecular flexibility index (Phi) is 22.2. The van der Waals surface area contributed by atoms with E-state index in [2.05, 4.69) is 15.0 Å². The SMILES string of the molecule is Cc1cc2nc3c(=O)[nH]c(=O)nc-3n(CC(OC(=O)C(N)CCCCN)C(OC(=O)C(N)CCCCN)C(COC(=O)C(N)CCCCN)OC(=O)C(N)CCCCN)c2cc1C. The summed E-state index contributed by atoms with van der Waals surface area (Å²) in [5.41, 5.74) is 47.8. The first-order chi connectivity index (χ1) is 30.1. The quantitative estimate of drug-likeness (QED) is 0.0162. The number of hydrogen-bond donors (Lipinski definition) is 9. The van der Waals surface area contributed by atoms with Crippen molar-refractivity contribution < 1.29 is 38.1 Å². The molecule has 0 amide bonds. The van der Waals surface area contributed by atoms with Crippen molar-refractivity contribution in [1.29, 1.82) is 0 Å². The van der Waals surface area contributed by atoms with E-state index in [1.165, 1.54) is 4.57 Å². The number of benzene rings is 1. The van der Waals surface area contributed by atoms with Gasteiger partial charge in [-0.05, 0) is 115 Å². The molecule has 1 aromatic carbocycles. The van der Waals surface area contributed by atoms with Gasteiger partial charge in [0.25, 0.3) is 5.56 Å². The number of carbonyl (C=O) groups is 4. The molecule has 0 spiro atoms. The maximum Gasteiger partial charge on any atom is 0.349 e. The summed E-state index contributed by atoms with van der Waals surface area (Å²) in [6.07, 6.45) is -0.462. The number of esters is 4. The second-order valence-corrected chi connectivity index (χ2v) is 15.7. The summed E-state index contributed by atoms with van der Waals surface area (Å²) in [5, 5.41) is 0. The van der Waals surface area contributed by atoms with Gasteiger partial charge in [0, 0.05) is 0 Å². The minimum Gasteiger partial charge on any atom is -0.460 e. The molecule has 0 aromatic heterocycles. The third kappa shape index (κ3) is 16.0. The van der Waals surface area contributed by atoms with Crippen LogP contribution in [-0.2, 0) is 44.7 Å². The third-order valence-electron chi connectivity index (χ3n) is 10.6. The standard InChI is InChI=1S/C41H68N12O10/c1-23-19-29-30(20-24(23)2)53(35-33(50-29)36(54)52-41(59)51-35)21-31(61-38(56)26(47)12-4-8-16-43)34(63-40(58)28(49)14-6-10-18-45)32(62-39(57)27(48)13-5-9-17-44)22-60-37(55)25(46)11-3-7-15-42/h19-20,25-28,31-32,34H,3-18,21-22,42-49H2,1-2H3,(H,52,54,59). The van der Waals surface area contributed by atoms with Crippen LogP contribution in [0.3, 0.4) is 0 Å². The molecule has 0 radical (unpaired) electrons. The van der Waals surface area contributed by atoms with E-state index in [0.717, 1.165) is 11.1 Å². The second kappa shape index (κ2) is 26.6. The molecule has 1 aromatic rings. The molecule has 7 unspecified atom stereocenters. The lowest BCUT2D eigenvalue weighted by Gasteiger charge is -2.35. The topological polar surface area (TPSA) is 394 Å². The van der Waals surface area contributed by atoms with Gasteiger partial charge in [0.2, 0.25) is 0 Å². The third-order valence-corrected chi connectivity index (χ3v) is 10.6. The van der Waals surface area contributed by atoms with Crippen LogP contribution in [0.2, 0.25) is 0 Å². The Balaban J connectivity index is 2.33. The summed E-state index contributed by atoms with van der Waals surface area (Å²) in [4.78, 5) is 91.8. The molecule has 17 N–H and O–H groups in total. The average Bonchev–Trinajstić information content (AvgIpc) is 3.24. The highest BCUT2D eigenvalue weighted by Crippen LogP contribution is 2.27. The number of carbonyl (C=O) groups excluding carboxylic acids is 4. The van der Waals surface area contributed by atoms with Crippen molar-refractivity contribution in [2.24, 2.45) is 45.9 Å². The van der Waals surface area contributed by atoms with E-state index in [-0.39, 0.29) is 37.2 Å². The molecule has 0 saturated carbocycles. The lowest BCUT2D eigenvalue weighted by atomic mass is 10.0. The van der Waals surface area contributed by atoms with Crippen molar-refractivity contribution in [3.8, 4) is 11.5 Å². The van der Waals surface area contributed by atoms with E-state index < -0.39 is 90.8 Å². The van der Waals surface area contributed by atoms with Crippen molar-refractivity contribution in [3.05, 3.63) is 44.1 Å². The average molecular weight is 889 g/mol. The molecule has 63 heavy (non-hydrogen) atoms. The molecule has 7 atom stereocenters. The molecule has 2 aliphatic heterocycles. The van der Waals surface area contributed by atoms with Crippen molar-refractivity contribution >= 4 is 34.9 Å². The van der Waals surface area contributed by atoms with Crippen LogP contribution in [0.4, 0.5) is 0 Å². The number of unbranched alkanes of at least 4 members (excludes halogenated alkanes) is 4. The molecule has 22 heteroatoms. The van der Waals surface area contributed by atoms with Crippen molar-refractivity contribution in [2.75, 3.05) is 32.8 Å². The highest BCUT2D eigenvalue weighted by Gasteiger charge is 2.42. The number of nitrogens with two attached hydrogens (primary N) is 8. The first-order valence-electron chi connectivity index (χ1n) is 21.6.